The van der Waals surface area contributed by atoms with Crippen molar-refractivity contribution in [1.82, 2.24) is 10.4 Å². The summed E-state index contributed by atoms with van der Waals surface area (Å²) in [5.41, 5.74) is 11.5. The van der Waals surface area contributed by atoms with Crippen LogP contribution >= 0.6 is 11.3 Å². The van der Waals surface area contributed by atoms with E-state index in [1.165, 1.54) is 5.57 Å². The molecular formula is C29H27N3O2S. The number of benzene rings is 3. The van der Waals surface area contributed by atoms with Gasteiger partial charge in [0.1, 0.15) is 5.01 Å². The van der Waals surface area contributed by atoms with E-state index in [0.29, 0.717) is 6.54 Å². The van der Waals surface area contributed by atoms with Crippen LogP contribution in [0.2, 0.25) is 0 Å². The average molecular weight is 482 g/mol. The van der Waals surface area contributed by atoms with E-state index in [2.05, 4.69) is 59.8 Å². The number of nitrogens with two attached hydrogens (primary N) is 1. The van der Waals surface area contributed by atoms with Crippen LogP contribution in [-0.4, -0.2) is 16.1 Å². The highest BCUT2D eigenvalue weighted by molar-refractivity contribution is 7.13. The normalized spacial score (nSPS) is 12.1. The van der Waals surface area contributed by atoms with Gasteiger partial charge in [0.05, 0.1) is 0 Å². The zero-order valence-electron chi connectivity index (χ0n) is 19.4. The van der Waals surface area contributed by atoms with E-state index in [-0.39, 0.29) is 0 Å². The first-order valence-corrected chi connectivity index (χ1v) is 12.2. The predicted molar refractivity (Wildman–Crippen MR) is 144 cm³/mol. The van der Waals surface area contributed by atoms with Crippen LogP contribution in [0.15, 0.2) is 90.4 Å². The minimum Gasteiger partial charge on any atom is -0.478 e. The Kier molecular flexibility index (Phi) is 8.00. The summed E-state index contributed by atoms with van der Waals surface area (Å²) in [6.07, 6.45) is 5.41. The molecule has 6 heteroatoms. The number of hydrogen-bond donors (Lipinski definition) is 3. The first kappa shape index (κ1) is 24.3. The van der Waals surface area contributed by atoms with Crippen molar-refractivity contribution in [1.29, 1.82) is 0 Å². The molecule has 176 valence electrons. The fraction of sp³-hybridized carbons (Fsp3) is 0.103. The van der Waals surface area contributed by atoms with Crippen LogP contribution in [0.1, 0.15) is 41.2 Å². The van der Waals surface area contributed by atoms with E-state index >= 15 is 0 Å². The Balaban J connectivity index is 1.83. The van der Waals surface area contributed by atoms with Gasteiger partial charge in [-0.2, -0.15) is 0 Å². The fourth-order valence-electron chi connectivity index (χ4n) is 4.10. The van der Waals surface area contributed by atoms with Crippen LogP contribution < -0.4 is 11.3 Å². The largest absolute Gasteiger partial charge is 0.478 e. The molecule has 0 aliphatic carbocycles. The molecule has 0 aliphatic heterocycles. The number of hydrogen-bond acceptors (Lipinski definition) is 5. The molecule has 5 nitrogen and oxygen atoms in total. The van der Waals surface area contributed by atoms with Crippen LogP contribution in [0, 0.1) is 0 Å². The van der Waals surface area contributed by atoms with Crippen molar-refractivity contribution in [2.24, 2.45) is 5.84 Å². The number of nitrogens with one attached hydrogen (secondary N) is 1. The Morgan fingerprint density at radius 1 is 1.03 bits per heavy atom. The van der Waals surface area contributed by atoms with E-state index in [1.807, 2.05) is 41.9 Å². The second-order valence-corrected chi connectivity index (χ2v) is 8.89. The summed E-state index contributed by atoms with van der Waals surface area (Å²) in [7, 11) is 0. The highest BCUT2D eigenvalue weighted by atomic mass is 32.1. The SMILES string of the molecule is CC/C(=C(/c1ccc(/C=C/C(=O)O)cc1)c1cccc(CNN)c1)c1ccc(-c2nccs2)cc1. The molecule has 0 saturated heterocycles. The molecule has 3 aromatic carbocycles. The second-order valence-electron chi connectivity index (χ2n) is 8.00. The molecule has 1 heterocycles. The van der Waals surface area contributed by atoms with Gasteiger partial charge in [-0.3, -0.25) is 11.3 Å². The molecule has 35 heavy (non-hydrogen) atoms. The standard InChI is InChI=1S/C29H27N3O2S/c1-2-26(22-11-13-24(14-12-22)29-31-16-17-35-29)28(25-5-3-4-21(18-25)19-32-30)23-9-6-20(7-10-23)8-15-27(33)34/h3-18,32H,2,19,30H2,1H3,(H,33,34)/b15-8+,28-26+. The third-order valence-corrected chi connectivity index (χ3v) is 6.53. The van der Waals surface area contributed by atoms with Gasteiger partial charge in [0.15, 0.2) is 0 Å². The maximum absolute atomic E-state index is 10.9. The highest BCUT2D eigenvalue weighted by Gasteiger charge is 2.14. The average Bonchev–Trinajstić information content (AvgIpc) is 3.42. The van der Waals surface area contributed by atoms with Crippen LogP contribution in [0.5, 0.6) is 0 Å². The predicted octanol–water partition coefficient (Wildman–Crippen LogP) is 6.24. The molecule has 1 aromatic heterocycles. The quantitative estimate of drug-likeness (QED) is 0.114. The Bertz CT molecular complexity index is 1340. The van der Waals surface area contributed by atoms with E-state index in [1.54, 1.807) is 17.4 Å². The summed E-state index contributed by atoms with van der Waals surface area (Å²) in [6, 6.07) is 24.9. The van der Waals surface area contributed by atoms with E-state index < -0.39 is 5.97 Å². The van der Waals surface area contributed by atoms with Crippen LogP contribution in [0.4, 0.5) is 0 Å². The number of carboxylic acids is 1. The lowest BCUT2D eigenvalue weighted by Crippen LogP contribution is -2.20. The molecule has 4 aromatic rings. The van der Waals surface area contributed by atoms with Gasteiger partial charge < -0.3 is 5.11 Å². The second kappa shape index (κ2) is 11.5. The minimum absolute atomic E-state index is 0.573. The fourth-order valence-corrected chi connectivity index (χ4v) is 4.75. The first-order chi connectivity index (χ1) is 17.1. The molecule has 0 atom stereocenters. The lowest BCUT2D eigenvalue weighted by atomic mass is 9.87. The number of carboxylic acid groups (broad SMARTS) is 1. The van der Waals surface area contributed by atoms with Gasteiger partial charge in [-0.05, 0) is 57.5 Å². The van der Waals surface area contributed by atoms with Gasteiger partial charge in [0.2, 0.25) is 0 Å². The molecule has 0 fully saturated rings. The van der Waals surface area contributed by atoms with Gasteiger partial charge in [0, 0.05) is 29.8 Å². The molecule has 0 unspecified atom stereocenters. The van der Waals surface area contributed by atoms with Crippen molar-refractivity contribution < 1.29 is 9.90 Å². The third-order valence-electron chi connectivity index (χ3n) is 5.71. The minimum atomic E-state index is -0.963. The number of thiazole rings is 1. The number of allylic oxidation sites excluding steroid dienone is 1. The molecule has 0 spiro atoms. The maximum Gasteiger partial charge on any atom is 0.328 e. The van der Waals surface area contributed by atoms with Crippen molar-refractivity contribution in [3.05, 3.63) is 118 Å². The molecule has 0 saturated carbocycles. The topological polar surface area (TPSA) is 88.2 Å². The van der Waals surface area contributed by atoms with Crippen LogP contribution in [0.25, 0.3) is 27.8 Å². The number of carbonyl (C=O) groups is 1. The van der Waals surface area contributed by atoms with Crippen molar-refractivity contribution in [3.8, 4) is 10.6 Å². The smallest absolute Gasteiger partial charge is 0.328 e. The molecule has 0 radical (unpaired) electrons. The van der Waals surface area contributed by atoms with Gasteiger partial charge in [-0.1, -0.05) is 73.7 Å². The van der Waals surface area contributed by atoms with Gasteiger partial charge in [-0.15, -0.1) is 11.3 Å². The summed E-state index contributed by atoms with van der Waals surface area (Å²) in [5, 5.41) is 11.9. The molecule has 0 amide bonds. The van der Waals surface area contributed by atoms with E-state index in [9.17, 15) is 4.79 Å². The van der Waals surface area contributed by atoms with Gasteiger partial charge in [-0.25, -0.2) is 9.78 Å². The summed E-state index contributed by atoms with van der Waals surface area (Å²) >= 11 is 1.63. The Morgan fingerprint density at radius 3 is 2.40 bits per heavy atom. The Morgan fingerprint density at radius 2 is 1.77 bits per heavy atom. The van der Waals surface area contributed by atoms with Crippen molar-refractivity contribution in [3.63, 3.8) is 0 Å². The monoisotopic (exact) mass is 481 g/mol. The van der Waals surface area contributed by atoms with Gasteiger partial charge >= 0.3 is 5.97 Å². The Labute approximate surface area is 209 Å². The van der Waals surface area contributed by atoms with Gasteiger partial charge in [0.25, 0.3) is 0 Å². The van der Waals surface area contributed by atoms with Crippen LogP contribution in [-0.2, 0) is 11.3 Å². The molecular weight excluding hydrogens is 454 g/mol. The summed E-state index contributed by atoms with van der Waals surface area (Å²) in [6.45, 7) is 2.74. The van der Waals surface area contributed by atoms with Crippen molar-refractivity contribution in [2.75, 3.05) is 0 Å². The number of rotatable bonds is 9. The molecule has 4 N–H and O–H groups in total. The van der Waals surface area contributed by atoms with E-state index in [4.69, 9.17) is 10.9 Å². The summed E-state index contributed by atoms with van der Waals surface area (Å²) in [4.78, 5) is 15.3. The lowest BCUT2D eigenvalue weighted by molar-refractivity contribution is -0.131. The number of hydrazine groups is 1. The molecule has 0 aliphatic rings. The number of nitrogens with zero attached hydrogens (tertiary/aromatic N) is 1. The first-order valence-electron chi connectivity index (χ1n) is 11.4. The number of aliphatic carboxylic acids is 1. The molecule has 4 rings (SSSR count). The van der Waals surface area contributed by atoms with Crippen LogP contribution in [0.3, 0.4) is 0 Å². The van der Waals surface area contributed by atoms with Crippen molar-refractivity contribution in [2.45, 2.75) is 19.9 Å². The maximum atomic E-state index is 10.9. The Hall–Kier alpha value is -3.84. The highest BCUT2D eigenvalue weighted by Crippen LogP contribution is 2.36. The lowest BCUT2D eigenvalue weighted by Gasteiger charge is -2.17. The van der Waals surface area contributed by atoms with E-state index in [0.717, 1.165) is 56.5 Å². The third kappa shape index (κ3) is 6.00. The van der Waals surface area contributed by atoms with Crippen molar-refractivity contribution >= 4 is 34.5 Å². The zero-order chi connectivity index (χ0) is 24.6. The number of aromatic nitrogens is 1. The molecule has 0 bridgehead atoms. The summed E-state index contributed by atoms with van der Waals surface area (Å²) in [5.74, 6) is 4.62. The summed E-state index contributed by atoms with van der Waals surface area (Å²) < 4.78 is 0. The zero-order valence-corrected chi connectivity index (χ0v) is 20.3.